The zero-order valence-electron chi connectivity index (χ0n) is 13.7. The molecule has 1 aromatic heterocycles. The average Bonchev–Trinajstić information content (AvgIpc) is 3.24. The van der Waals surface area contributed by atoms with Crippen LogP contribution in [0.5, 0.6) is 0 Å². The molecule has 3 rings (SSSR count). The highest BCUT2D eigenvalue weighted by molar-refractivity contribution is 7.13. The first-order valence-electron chi connectivity index (χ1n) is 8.18. The van der Waals surface area contributed by atoms with Crippen molar-refractivity contribution in [1.29, 1.82) is 0 Å². The SMILES string of the molecule is Cc1csc(-c2cccc(C(=O)NCC(C)N3CCCC3)c2)n1. The molecule has 1 unspecified atom stereocenters. The lowest BCUT2D eigenvalue weighted by molar-refractivity contribution is 0.0940. The fourth-order valence-corrected chi connectivity index (χ4v) is 3.73. The molecule has 0 radical (unpaired) electrons. The molecule has 1 aromatic carbocycles. The summed E-state index contributed by atoms with van der Waals surface area (Å²) < 4.78 is 0. The third kappa shape index (κ3) is 3.98. The maximum atomic E-state index is 12.4. The first-order chi connectivity index (χ1) is 11.1. The van der Waals surface area contributed by atoms with Gasteiger partial charge in [-0.05, 0) is 51.9 Å². The van der Waals surface area contributed by atoms with Gasteiger partial charge in [0.05, 0.1) is 0 Å². The van der Waals surface area contributed by atoms with Gasteiger partial charge in [0.2, 0.25) is 0 Å². The van der Waals surface area contributed by atoms with E-state index >= 15 is 0 Å². The van der Waals surface area contributed by atoms with Gasteiger partial charge in [0.15, 0.2) is 0 Å². The van der Waals surface area contributed by atoms with Crippen molar-refractivity contribution in [2.75, 3.05) is 19.6 Å². The highest BCUT2D eigenvalue weighted by Crippen LogP contribution is 2.24. The molecule has 2 heterocycles. The number of carbonyl (C=O) groups excluding carboxylic acids is 1. The smallest absolute Gasteiger partial charge is 0.251 e. The third-order valence-corrected chi connectivity index (χ3v) is 5.32. The van der Waals surface area contributed by atoms with Crippen molar-refractivity contribution in [2.45, 2.75) is 32.7 Å². The van der Waals surface area contributed by atoms with Crippen molar-refractivity contribution in [3.05, 3.63) is 40.9 Å². The van der Waals surface area contributed by atoms with Crippen LogP contribution in [-0.2, 0) is 0 Å². The first kappa shape index (κ1) is 16.1. The summed E-state index contributed by atoms with van der Waals surface area (Å²) in [6.45, 7) is 7.15. The number of thiazole rings is 1. The fourth-order valence-electron chi connectivity index (χ4n) is 2.93. The molecule has 1 aliphatic rings. The molecule has 1 N–H and O–H groups in total. The van der Waals surface area contributed by atoms with E-state index in [9.17, 15) is 4.79 Å². The molecule has 1 atom stereocenters. The summed E-state index contributed by atoms with van der Waals surface area (Å²) in [7, 11) is 0. The van der Waals surface area contributed by atoms with Gasteiger partial charge in [0.25, 0.3) is 5.91 Å². The van der Waals surface area contributed by atoms with E-state index in [1.807, 2.05) is 36.6 Å². The van der Waals surface area contributed by atoms with Gasteiger partial charge in [-0.3, -0.25) is 9.69 Å². The summed E-state index contributed by atoms with van der Waals surface area (Å²) >= 11 is 1.61. The van der Waals surface area contributed by atoms with Crippen LogP contribution in [0.25, 0.3) is 10.6 Å². The van der Waals surface area contributed by atoms with Crippen molar-refractivity contribution >= 4 is 17.2 Å². The summed E-state index contributed by atoms with van der Waals surface area (Å²) in [6, 6.07) is 8.10. The molecule has 4 nitrogen and oxygen atoms in total. The molecule has 0 spiro atoms. The van der Waals surface area contributed by atoms with E-state index in [2.05, 4.69) is 22.1 Å². The van der Waals surface area contributed by atoms with E-state index in [4.69, 9.17) is 0 Å². The van der Waals surface area contributed by atoms with Gasteiger partial charge in [-0.2, -0.15) is 0 Å². The summed E-state index contributed by atoms with van der Waals surface area (Å²) in [5.74, 6) is -0.00817. The summed E-state index contributed by atoms with van der Waals surface area (Å²) in [5, 5.41) is 6.05. The Hall–Kier alpha value is -1.72. The summed E-state index contributed by atoms with van der Waals surface area (Å²) in [6.07, 6.45) is 2.54. The third-order valence-electron chi connectivity index (χ3n) is 4.31. The fraction of sp³-hybridized carbons (Fsp3) is 0.444. The van der Waals surface area contributed by atoms with Crippen LogP contribution in [0, 0.1) is 6.92 Å². The van der Waals surface area contributed by atoms with E-state index in [-0.39, 0.29) is 5.91 Å². The Labute approximate surface area is 141 Å². The molecule has 5 heteroatoms. The van der Waals surface area contributed by atoms with E-state index in [1.165, 1.54) is 12.8 Å². The zero-order valence-corrected chi connectivity index (χ0v) is 14.5. The minimum Gasteiger partial charge on any atom is -0.350 e. The monoisotopic (exact) mass is 329 g/mol. The molecule has 23 heavy (non-hydrogen) atoms. The lowest BCUT2D eigenvalue weighted by atomic mass is 10.1. The van der Waals surface area contributed by atoms with Crippen LogP contribution >= 0.6 is 11.3 Å². The number of rotatable bonds is 5. The van der Waals surface area contributed by atoms with Crippen LogP contribution in [-0.4, -0.2) is 41.5 Å². The number of likely N-dealkylation sites (tertiary alicyclic amines) is 1. The van der Waals surface area contributed by atoms with E-state index in [1.54, 1.807) is 11.3 Å². The first-order valence-corrected chi connectivity index (χ1v) is 9.06. The molecule has 0 bridgehead atoms. The molecule has 1 aliphatic heterocycles. The van der Waals surface area contributed by atoms with Gasteiger partial charge in [0, 0.05) is 34.8 Å². The summed E-state index contributed by atoms with van der Waals surface area (Å²) in [5.41, 5.74) is 2.71. The molecule has 2 aromatic rings. The quantitative estimate of drug-likeness (QED) is 0.915. The van der Waals surface area contributed by atoms with Crippen molar-refractivity contribution in [1.82, 2.24) is 15.2 Å². The number of nitrogens with zero attached hydrogens (tertiary/aromatic N) is 2. The number of hydrogen-bond donors (Lipinski definition) is 1. The molecule has 1 saturated heterocycles. The lowest BCUT2D eigenvalue weighted by Crippen LogP contribution is -2.40. The van der Waals surface area contributed by atoms with Gasteiger partial charge in [-0.1, -0.05) is 12.1 Å². The Bertz CT molecular complexity index is 676. The highest BCUT2D eigenvalue weighted by Gasteiger charge is 2.18. The Balaban J connectivity index is 1.63. The van der Waals surface area contributed by atoms with Crippen LogP contribution in [0.2, 0.25) is 0 Å². The molecule has 0 saturated carbocycles. The number of hydrogen-bond acceptors (Lipinski definition) is 4. The van der Waals surface area contributed by atoms with Crippen molar-refractivity contribution in [2.24, 2.45) is 0 Å². The normalized spacial score (nSPS) is 16.4. The van der Waals surface area contributed by atoms with Crippen molar-refractivity contribution < 1.29 is 4.79 Å². The largest absolute Gasteiger partial charge is 0.350 e. The van der Waals surface area contributed by atoms with E-state index in [0.717, 1.165) is 29.4 Å². The van der Waals surface area contributed by atoms with Gasteiger partial charge in [-0.15, -0.1) is 11.3 Å². The number of aromatic nitrogens is 1. The van der Waals surface area contributed by atoms with Crippen LogP contribution in [0.3, 0.4) is 0 Å². The predicted octanol–water partition coefficient (Wildman–Crippen LogP) is 3.33. The zero-order chi connectivity index (χ0) is 16.2. The Morgan fingerprint density at radius 1 is 1.39 bits per heavy atom. The number of benzene rings is 1. The highest BCUT2D eigenvalue weighted by atomic mass is 32.1. The van der Waals surface area contributed by atoms with Gasteiger partial charge < -0.3 is 5.32 Å². The second-order valence-corrected chi connectivity index (χ2v) is 7.04. The maximum Gasteiger partial charge on any atom is 0.251 e. The topological polar surface area (TPSA) is 45.2 Å². The number of nitrogens with one attached hydrogen (secondary N) is 1. The average molecular weight is 329 g/mol. The molecule has 0 aliphatic carbocycles. The lowest BCUT2D eigenvalue weighted by Gasteiger charge is -2.23. The minimum absolute atomic E-state index is 0.00817. The van der Waals surface area contributed by atoms with Crippen molar-refractivity contribution in [3.8, 4) is 10.6 Å². The van der Waals surface area contributed by atoms with Crippen LogP contribution in [0.1, 0.15) is 35.8 Å². The second-order valence-electron chi connectivity index (χ2n) is 6.18. The maximum absolute atomic E-state index is 12.4. The second kappa shape index (κ2) is 7.23. The molecule has 122 valence electrons. The predicted molar refractivity (Wildman–Crippen MR) is 94.9 cm³/mol. The van der Waals surface area contributed by atoms with Gasteiger partial charge in [-0.25, -0.2) is 4.98 Å². The number of amides is 1. The number of carbonyl (C=O) groups is 1. The van der Waals surface area contributed by atoms with Gasteiger partial charge in [0.1, 0.15) is 5.01 Å². The van der Waals surface area contributed by atoms with E-state index in [0.29, 0.717) is 18.2 Å². The summed E-state index contributed by atoms with van der Waals surface area (Å²) in [4.78, 5) is 19.3. The van der Waals surface area contributed by atoms with E-state index < -0.39 is 0 Å². The molecular formula is C18H23N3OS. The Kier molecular flexibility index (Phi) is 5.08. The van der Waals surface area contributed by atoms with Crippen LogP contribution in [0.15, 0.2) is 29.6 Å². The standard InChI is InChI=1S/C18H23N3OS/c1-13-12-23-18(20-13)16-7-5-6-15(10-16)17(22)19-11-14(2)21-8-3-4-9-21/h5-7,10,12,14H,3-4,8-9,11H2,1-2H3,(H,19,22). The number of aryl methyl sites for hydroxylation is 1. The Morgan fingerprint density at radius 2 is 2.17 bits per heavy atom. The van der Waals surface area contributed by atoms with Gasteiger partial charge >= 0.3 is 0 Å². The van der Waals surface area contributed by atoms with Crippen LogP contribution in [0.4, 0.5) is 0 Å². The Morgan fingerprint density at radius 3 is 2.87 bits per heavy atom. The molecular weight excluding hydrogens is 306 g/mol. The molecule has 1 fully saturated rings. The minimum atomic E-state index is -0.00817. The van der Waals surface area contributed by atoms with Crippen LogP contribution < -0.4 is 5.32 Å². The molecule has 1 amide bonds. The van der Waals surface area contributed by atoms with Crippen molar-refractivity contribution in [3.63, 3.8) is 0 Å².